The van der Waals surface area contributed by atoms with Crippen LogP contribution in [0.15, 0.2) is 71.0 Å². The Labute approximate surface area is 184 Å². The minimum Gasteiger partial charge on any atom is -0.468 e. The van der Waals surface area contributed by atoms with E-state index in [1.54, 1.807) is 25.4 Å². The number of dihydropyridines is 1. The van der Waals surface area contributed by atoms with Crippen molar-refractivity contribution in [3.8, 4) is 6.07 Å². The maximum atomic E-state index is 13.1. The van der Waals surface area contributed by atoms with E-state index in [0.717, 1.165) is 17.3 Å². The van der Waals surface area contributed by atoms with E-state index in [0.29, 0.717) is 27.4 Å². The average Bonchev–Trinajstić information content (AvgIpc) is 2.82. The molecule has 0 radical (unpaired) electrons. The third-order valence-electron chi connectivity index (χ3n) is 4.59. The number of ether oxygens (including phenoxy) is 2. The highest BCUT2D eigenvalue weighted by Crippen LogP contribution is 2.43. The van der Waals surface area contributed by atoms with E-state index in [2.05, 4.69) is 16.4 Å². The molecule has 0 unspecified atom stereocenters. The highest BCUT2D eigenvalue weighted by molar-refractivity contribution is 8.03. The Balaban J connectivity index is 2.22. The number of nitrogens with one attached hydrogen (secondary N) is 1. The molecule has 2 aromatic rings. The van der Waals surface area contributed by atoms with Crippen LogP contribution >= 0.6 is 11.8 Å². The topological polar surface area (TPSA) is 101 Å². The van der Waals surface area contributed by atoms with Gasteiger partial charge >= 0.3 is 11.9 Å². The smallest absolute Gasteiger partial charge is 0.337 e. The molecule has 1 atom stereocenters. The third-order valence-corrected chi connectivity index (χ3v) is 5.58. The van der Waals surface area contributed by atoms with Gasteiger partial charge in [-0.1, -0.05) is 48.2 Å². The summed E-state index contributed by atoms with van der Waals surface area (Å²) in [5, 5.41) is 13.7. The first-order valence-electron chi connectivity index (χ1n) is 9.58. The lowest BCUT2D eigenvalue weighted by molar-refractivity contribution is -0.139. The summed E-state index contributed by atoms with van der Waals surface area (Å²) in [6.45, 7) is 1.92. The zero-order chi connectivity index (χ0) is 22.2. The van der Waals surface area contributed by atoms with Gasteiger partial charge in [-0.15, -0.1) is 0 Å². The molecular weight excluding hydrogens is 414 g/mol. The van der Waals surface area contributed by atoms with Gasteiger partial charge in [0, 0.05) is 12.4 Å². The fraction of sp³-hybridized carbons (Fsp3) is 0.217. The Morgan fingerprint density at radius 2 is 2.00 bits per heavy atom. The molecule has 3 rings (SSSR count). The van der Waals surface area contributed by atoms with Crippen LogP contribution in [0, 0.1) is 11.3 Å². The molecule has 2 heterocycles. The third kappa shape index (κ3) is 4.95. The summed E-state index contributed by atoms with van der Waals surface area (Å²) < 4.78 is 10.1. The second kappa shape index (κ2) is 10.5. The van der Waals surface area contributed by atoms with Gasteiger partial charge in [-0.25, -0.2) is 4.79 Å². The van der Waals surface area contributed by atoms with Gasteiger partial charge in [0.2, 0.25) is 0 Å². The molecule has 158 valence electrons. The summed E-state index contributed by atoms with van der Waals surface area (Å²) in [5.41, 5.74) is 2.59. The first-order chi connectivity index (χ1) is 15.1. The van der Waals surface area contributed by atoms with Crippen LogP contribution in [0.2, 0.25) is 0 Å². The van der Waals surface area contributed by atoms with Crippen molar-refractivity contribution in [2.45, 2.75) is 12.8 Å². The van der Waals surface area contributed by atoms with Gasteiger partial charge in [0.25, 0.3) is 0 Å². The number of hydrogen-bond acceptors (Lipinski definition) is 8. The van der Waals surface area contributed by atoms with Crippen LogP contribution in [0.4, 0.5) is 0 Å². The Morgan fingerprint density at radius 3 is 2.61 bits per heavy atom. The van der Waals surface area contributed by atoms with Crippen LogP contribution in [0.25, 0.3) is 5.70 Å². The number of pyridine rings is 1. The van der Waals surface area contributed by atoms with Crippen molar-refractivity contribution in [3.05, 3.63) is 82.2 Å². The molecule has 1 N–H and O–H groups in total. The molecule has 8 heteroatoms. The van der Waals surface area contributed by atoms with Crippen LogP contribution in [-0.4, -0.2) is 36.4 Å². The van der Waals surface area contributed by atoms with E-state index >= 15 is 0 Å². The minimum atomic E-state index is -0.700. The Hall–Kier alpha value is -3.57. The lowest BCUT2D eigenvalue weighted by Gasteiger charge is -2.30. The predicted molar refractivity (Wildman–Crippen MR) is 117 cm³/mol. The van der Waals surface area contributed by atoms with E-state index < -0.39 is 17.9 Å². The summed E-state index contributed by atoms with van der Waals surface area (Å²) in [4.78, 5) is 29.0. The summed E-state index contributed by atoms with van der Waals surface area (Å²) in [7, 11) is 1.31. The lowest BCUT2D eigenvalue weighted by atomic mass is 9.82. The number of rotatable bonds is 7. The van der Waals surface area contributed by atoms with Crippen molar-refractivity contribution in [1.82, 2.24) is 10.3 Å². The van der Waals surface area contributed by atoms with Crippen molar-refractivity contribution in [2.75, 3.05) is 19.5 Å². The largest absolute Gasteiger partial charge is 0.468 e. The van der Waals surface area contributed by atoms with Crippen molar-refractivity contribution in [1.29, 1.82) is 5.26 Å². The molecule has 0 saturated heterocycles. The number of hydrogen-bond donors (Lipinski definition) is 1. The normalized spacial score (nSPS) is 15.7. The van der Waals surface area contributed by atoms with Gasteiger partial charge in [-0.3, -0.25) is 9.78 Å². The summed E-state index contributed by atoms with van der Waals surface area (Å²) in [6.07, 6.45) is 3.25. The van der Waals surface area contributed by atoms with Crippen molar-refractivity contribution < 1.29 is 19.1 Å². The van der Waals surface area contributed by atoms with Gasteiger partial charge in [-0.2, -0.15) is 5.26 Å². The molecule has 0 amide bonds. The van der Waals surface area contributed by atoms with Crippen molar-refractivity contribution in [3.63, 3.8) is 0 Å². The maximum absolute atomic E-state index is 13.1. The zero-order valence-electron chi connectivity index (χ0n) is 17.1. The number of thioether (sulfide) groups is 1. The number of methoxy groups -OCH3 is 1. The van der Waals surface area contributed by atoms with E-state index in [-0.39, 0.29) is 12.4 Å². The number of benzene rings is 1. The average molecular weight is 436 g/mol. The summed E-state index contributed by atoms with van der Waals surface area (Å²) >= 11 is 1.15. The van der Waals surface area contributed by atoms with Gasteiger partial charge in [0.15, 0.2) is 0 Å². The van der Waals surface area contributed by atoms with E-state index in [9.17, 15) is 14.9 Å². The number of allylic oxidation sites excluding steroid dienone is 1. The molecule has 0 bridgehead atoms. The SMILES string of the molecule is CCOC(=O)C1=C(c2ccccc2)NC(SCC(=O)OC)=C(C#N)[C@@H]1c1cccnc1. The molecule has 1 aliphatic heterocycles. The quantitative estimate of drug-likeness (QED) is 0.661. The first kappa shape index (κ1) is 22.1. The Kier molecular flexibility index (Phi) is 7.46. The maximum Gasteiger partial charge on any atom is 0.337 e. The molecular formula is C23H21N3O4S. The number of nitriles is 1. The molecule has 1 aromatic heterocycles. The van der Waals surface area contributed by atoms with Crippen LogP contribution in [0.5, 0.6) is 0 Å². The number of esters is 2. The molecule has 31 heavy (non-hydrogen) atoms. The highest BCUT2D eigenvalue weighted by Gasteiger charge is 2.37. The molecule has 0 spiro atoms. The van der Waals surface area contributed by atoms with E-state index in [1.807, 2.05) is 36.4 Å². The van der Waals surface area contributed by atoms with E-state index in [1.165, 1.54) is 7.11 Å². The number of carbonyl (C=O) groups excluding carboxylic acids is 2. The standard InChI is InChI=1S/C23H21N3O4S/c1-3-30-23(28)20-19(16-10-7-11-25-13-16)17(12-24)22(31-14-18(27)29-2)26-21(20)15-8-5-4-6-9-15/h4-11,13,19,26H,3,14H2,1-2H3/t19-/m0/s1. The van der Waals surface area contributed by atoms with Crippen LogP contribution in [0.1, 0.15) is 24.0 Å². The molecule has 0 saturated carbocycles. The zero-order valence-corrected chi connectivity index (χ0v) is 17.9. The van der Waals surface area contributed by atoms with Gasteiger partial charge < -0.3 is 14.8 Å². The number of aromatic nitrogens is 1. The van der Waals surface area contributed by atoms with Gasteiger partial charge in [0.05, 0.1) is 53.3 Å². The molecule has 1 aromatic carbocycles. The number of nitrogens with zero attached hydrogens (tertiary/aromatic N) is 2. The predicted octanol–water partition coefficient (Wildman–Crippen LogP) is 3.38. The first-order valence-corrected chi connectivity index (χ1v) is 10.6. The molecule has 1 aliphatic rings. The fourth-order valence-electron chi connectivity index (χ4n) is 3.23. The van der Waals surface area contributed by atoms with Gasteiger partial charge in [-0.05, 0) is 24.1 Å². The van der Waals surface area contributed by atoms with Crippen LogP contribution in [0.3, 0.4) is 0 Å². The van der Waals surface area contributed by atoms with Crippen molar-refractivity contribution in [2.24, 2.45) is 0 Å². The van der Waals surface area contributed by atoms with Crippen LogP contribution in [-0.2, 0) is 19.1 Å². The Morgan fingerprint density at radius 1 is 1.23 bits per heavy atom. The number of carbonyl (C=O) groups is 2. The lowest BCUT2D eigenvalue weighted by Crippen LogP contribution is -2.29. The monoisotopic (exact) mass is 435 g/mol. The fourth-order valence-corrected chi connectivity index (χ4v) is 4.10. The molecule has 7 nitrogen and oxygen atoms in total. The van der Waals surface area contributed by atoms with E-state index in [4.69, 9.17) is 9.47 Å². The second-order valence-electron chi connectivity index (χ2n) is 6.44. The summed E-state index contributed by atoms with van der Waals surface area (Å²) in [6, 6.07) is 15.1. The molecule has 0 aliphatic carbocycles. The van der Waals surface area contributed by atoms with Crippen LogP contribution < -0.4 is 5.32 Å². The second-order valence-corrected chi connectivity index (χ2v) is 7.42. The Bertz CT molecular complexity index is 1060. The highest BCUT2D eigenvalue weighted by atomic mass is 32.2. The molecule has 0 fully saturated rings. The van der Waals surface area contributed by atoms with Crippen molar-refractivity contribution >= 4 is 29.4 Å². The summed E-state index contributed by atoms with van der Waals surface area (Å²) in [5.74, 6) is -1.63. The van der Waals surface area contributed by atoms with Gasteiger partial charge in [0.1, 0.15) is 0 Å². The minimum absolute atomic E-state index is 0.0145.